The van der Waals surface area contributed by atoms with Crippen molar-refractivity contribution in [3.8, 4) is 17.2 Å². The van der Waals surface area contributed by atoms with Gasteiger partial charge < -0.3 is 15.6 Å². The van der Waals surface area contributed by atoms with Gasteiger partial charge in [0.05, 0.1) is 0 Å². The number of phenols is 1. The Labute approximate surface area is 113 Å². The second kappa shape index (κ2) is 5.33. The van der Waals surface area contributed by atoms with Gasteiger partial charge in [-0.3, -0.25) is 0 Å². The first-order chi connectivity index (χ1) is 8.92. The molecule has 0 saturated carbocycles. The molecule has 0 heterocycles. The first-order valence-corrected chi connectivity index (χ1v) is 6.27. The monoisotopic (exact) mass is 257 g/mol. The molecule has 2 aromatic carbocycles. The van der Waals surface area contributed by atoms with E-state index in [-0.39, 0.29) is 11.3 Å². The van der Waals surface area contributed by atoms with Crippen molar-refractivity contribution in [2.24, 2.45) is 5.73 Å². The van der Waals surface area contributed by atoms with Gasteiger partial charge in [-0.15, -0.1) is 0 Å². The predicted molar refractivity (Wildman–Crippen MR) is 76.6 cm³/mol. The van der Waals surface area contributed by atoms with Crippen LogP contribution in [0.4, 0.5) is 0 Å². The molecule has 3 heteroatoms. The Hall–Kier alpha value is -2.00. The quantitative estimate of drug-likeness (QED) is 0.881. The Kier molecular flexibility index (Phi) is 3.76. The summed E-state index contributed by atoms with van der Waals surface area (Å²) in [6, 6.07) is 14.5. The van der Waals surface area contributed by atoms with Gasteiger partial charge in [-0.1, -0.05) is 12.1 Å². The third-order valence-corrected chi connectivity index (χ3v) is 2.66. The molecule has 100 valence electrons. The van der Waals surface area contributed by atoms with Crippen LogP contribution in [0.3, 0.4) is 0 Å². The van der Waals surface area contributed by atoms with E-state index in [0.717, 1.165) is 12.2 Å². The molecule has 2 aromatic rings. The summed E-state index contributed by atoms with van der Waals surface area (Å²) in [7, 11) is 0. The molecular weight excluding hydrogens is 238 g/mol. The fourth-order valence-corrected chi connectivity index (χ4v) is 1.85. The highest BCUT2D eigenvalue weighted by molar-refractivity contribution is 5.36. The third kappa shape index (κ3) is 4.30. The van der Waals surface area contributed by atoms with Crippen molar-refractivity contribution in [1.29, 1.82) is 0 Å². The molecular formula is C16H19NO2. The normalized spacial score (nSPS) is 11.3. The molecule has 3 nitrogen and oxygen atoms in total. The number of ether oxygens (including phenoxy) is 1. The van der Waals surface area contributed by atoms with Crippen LogP contribution in [0, 0.1) is 0 Å². The molecule has 0 spiro atoms. The molecule has 0 atom stereocenters. The highest BCUT2D eigenvalue weighted by atomic mass is 16.5. The Balaban J connectivity index is 2.04. The number of benzene rings is 2. The van der Waals surface area contributed by atoms with Crippen molar-refractivity contribution in [2.45, 2.75) is 25.8 Å². The topological polar surface area (TPSA) is 55.5 Å². The first kappa shape index (κ1) is 13.4. The summed E-state index contributed by atoms with van der Waals surface area (Å²) in [4.78, 5) is 0. The minimum atomic E-state index is -0.209. The van der Waals surface area contributed by atoms with Crippen LogP contribution in [0.15, 0.2) is 48.5 Å². The second-order valence-corrected chi connectivity index (χ2v) is 5.41. The summed E-state index contributed by atoms with van der Waals surface area (Å²) in [5.41, 5.74) is 6.97. The van der Waals surface area contributed by atoms with Crippen LogP contribution < -0.4 is 10.5 Å². The summed E-state index contributed by atoms with van der Waals surface area (Å²) < 4.78 is 5.68. The lowest BCUT2D eigenvalue weighted by atomic mass is 9.96. The van der Waals surface area contributed by atoms with Crippen LogP contribution in [0.25, 0.3) is 0 Å². The lowest BCUT2D eigenvalue weighted by molar-refractivity contribution is 0.464. The van der Waals surface area contributed by atoms with Crippen LogP contribution in [-0.2, 0) is 6.42 Å². The van der Waals surface area contributed by atoms with Crippen molar-refractivity contribution >= 4 is 0 Å². The van der Waals surface area contributed by atoms with E-state index in [1.54, 1.807) is 24.3 Å². The summed E-state index contributed by atoms with van der Waals surface area (Å²) in [6.07, 6.45) is 0.826. The number of rotatable bonds is 4. The maximum Gasteiger partial charge on any atom is 0.127 e. The van der Waals surface area contributed by atoms with Crippen LogP contribution >= 0.6 is 0 Å². The van der Waals surface area contributed by atoms with E-state index >= 15 is 0 Å². The molecule has 0 fully saturated rings. The van der Waals surface area contributed by atoms with Gasteiger partial charge in [-0.25, -0.2) is 0 Å². The molecule has 0 saturated heterocycles. The van der Waals surface area contributed by atoms with Crippen LogP contribution in [0.1, 0.15) is 19.4 Å². The molecule has 19 heavy (non-hydrogen) atoms. The van der Waals surface area contributed by atoms with Crippen molar-refractivity contribution in [1.82, 2.24) is 0 Å². The molecule has 0 bridgehead atoms. The molecule has 0 unspecified atom stereocenters. The summed E-state index contributed by atoms with van der Waals surface area (Å²) >= 11 is 0. The van der Waals surface area contributed by atoms with Crippen molar-refractivity contribution in [3.05, 3.63) is 54.1 Å². The van der Waals surface area contributed by atoms with E-state index in [0.29, 0.717) is 5.75 Å². The average Bonchev–Trinajstić information content (AvgIpc) is 2.33. The zero-order chi connectivity index (χ0) is 13.9. The van der Waals surface area contributed by atoms with Crippen molar-refractivity contribution < 1.29 is 9.84 Å². The maximum absolute atomic E-state index is 9.20. The van der Waals surface area contributed by atoms with E-state index in [1.807, 2.05) is 38.1 Å². The fourth-order valence-electron chi connectivity index (χ4n) is 1.85. The van der Waals surface area contributed by atoms with E-state index in [9.17, 15) is 5.11 Å². The molecule has 0 aliphatic rings. The molecule has 2 rings (SSSR count). The second-order valence-electron chi connectivity index (χ2n) is 5.41. The van der Waals surface area contributed by atoms with Gasteiger partial charge in [0, 0.05) is 5.54 Å². The minimum absolute atomic E-state index is 0.209. The average molecular weight is 257 g/mol. The van der Waals surface area contributed by atoms with Crippen molar-refractivity contribution in [2.75, 3.05) is 0 Å². The Morgan fingerprint density at radius 2 is 1.42 bits per heavy atom. The maximum atomic E-state index is 9.20. The standard InChI is InChI=1S/C16H19NO2/c1-16(2,17)11-12-3-7-14(8-4-12)19-15-9-5-13(18)6-10-15/h3-10,18H,11,17H2,1-2H3. The fraction of sp³-hybridized carbons (Fsp3) is 0.250. The number of phenolic OH excluding ortho intramolecular Hbond substituents is 1. The van der Waals surface area contributed by atoms with E-state index in [1.165, 1.54) is 5.56 Å². The zero-order valence-electron chi connectivity index (χ0n) is 11.3. The van der Waals surface area contributed by atoms with Gasteiger partial charge >= 0.3 is 0 Å². The molecule has 0 aromatic heterocycles. The molecule has 0 amide bonds. The van der Waals surface area contributed by atoms with E-state index < -0.39 is 0 Å². The van der Waals surface area contributed by atoms with Crippen LogP contribution in [0.5, 0.6) is 17.2 Å². The van der Waals surface area contributed by atoms with Gasteiger partial charge in [0.2, 0.25) is 0 Å². The summed E-state index contributed by atoms with van der Waals surface area (Å²) in [5, 5.41) is 9.20. The number of hydrogen-bond donors (Lipinski definition) is 2. The van der Waals surface area contributed by atoms with Gasteiger partial charge in [-0.05, 0) is 62.2 Å². The van der Waals surface area contributed by atoms with Gasteiger partial charge in [0.15, 0.2) is 0 Å². The highest BCUT2D eigenvalue weighted by Gasteiger charge is 2.11. The molecule has 0 aliphatic carbocycles. The Morgan fingerprint density at radius 1 is 0.947 bits per heavy atom. The predicted octanol–water partition coefficient (Wildman–Crippen LogP) is 3.46. The third-order valence-electron chi connectivity index (χ3n) is 2.66. The lowest BCUT2D eigenvalue weighted by Crippen LogP contribution is -2.34. The number of nitrogens with two attached hydrogens (primary N) is 1. The number of hydrogen-bond acceptors (Lipinski definition) is 3. The number of aromatic hydroxyl groups is 1. The van der Waals surface area contributed by atoms with E-state index in [4.69, 9.17) is 10.5 Å². The molecule has 3 N–H and O–H groups in total. The van der Waals surface area contributed by atoms with Gasteiger partial charge in [-0.2, -0.15) is 0 Å². The smallest absolute Gasteiger partial charge is 0.127 e. The largest absolute Gasteiger partial charge is 0.508 e. The van der Waals surface area contributed by atoms with Crippen molar-refractivity contribution in [3.63, 3.8) is 0 Å². The lowest BCUT2D eigenvalue weighted by Gasteiger charge is -2.18. The highest BCUT2D eigenvalue weighted by Crippen LogP contribution is 2.24. The van der Waals surface area contributed by atoms with Crippen LogP contribution in [0.2, 0.25) is 0 Å². The minimum Gasteiger partial charge on any atom is -0.508 e. The molecule has 0 radical (unpaired) electrons. The zero-order valence-corrected chi connectivity index (χ0v) is 11.3. The Bertz CT molecular complexity index is 524. The summed E-state index contributed by atoms with van der Waals surface area (Å²) in [5.74, 6) is 1.70. The van der Waals surface area contributed by atoms with Gasteiger partial charge in [0.25, 0.3) is 0 Å². The van der Waals surface area contributed by atoms with Crippen LogP contribution in [-0.4, -0.2) is 10.6 Å². The summed E-state index contributed by atoms with van der Waals surface area (Å²) in [6.45, 7) is 4.02. The molecule has 0 aliphatic heterocycles. The first-order valence-electron chi connectivity index (χ1n) is 6.27. The van der Waals surface area contributed by atoms with E-state index in [2.05, 4.69) is 0 Å². The van der Waals surface area contributed by atoms with Gasteiger partial charge in [0.1, 0.15) is 17.2 Å². The SMILES string of the molecule is CC(C)(N)Cc1ccc(Oc2ccc(O)cc2)cc1. The Morgan fingerprint density at radius 3 is 1.89 bits per heavy atom.